The minimum absolute atomic E-state index is 0.0437. The summed E-state index contributed by atoms with van der Waals surface area (Å²) in [4.78, 5) is 24.1. The average Bonchev–Trinajstić information content (AvgIpc) is 2.85. The minimum Gasteiger partial charge on any atom is -0.458 e. The second-order valence-electron chi connectivity index (χ2n) is 6.80. The summed E-state index contributed by atoms with van der Waals surface area (Å²) in [5.41, 5.74) is 1.27. The lowest BCUT2D eigenvalue weighted by molar-refractivity contribution is -0.148. The molecule has 1 aliphatic heterocycles. The fourth-order valence-corrected chi connectivity index (χ4v) is 3.36. The van der Waals surface area contributed by atoms with Crippen molar-refractivity contribution in [2.75, 3.05) is 13.2 Å². The van der Waals surface area contributed by atoms with Crippen molar-refractivity contribution >= 4 is 11.9 Å². The van der Waals surface area contributed by atoms with Crippen LogP contribution in [0.2, 0.25) is 0 Å². The van der Waals surface area contributed by atoms with Crippen LogP contribution in [0.3, 0.4) is 0 Å². The van der Waals surface area contributed by atoms with E-state index in [-0.39, 0.29) is 30.3 Å². The van der Waals surface area contributed by atoms with Crippen LogP contribution in [0.4, 0.5) is 0 Å². The Morgan fingerprint density at radius 2 is 2.16 bits per heavy atom. The third-order valence-corrected chi connectivity index (χ3v) is 4.81. The van der Waals surface area contributed by atoms with Crippen LogP contribution in [-0.2, 0) is 19.1 Å². The van der Waals surface area contributed by atoms with Gasteiger partial charge in [-0.1, -0.05) is 13.2 Å². The number of fused-ring (bicyclic) bond motifs is 1. The number of aliphatic hydroxyl groups excluding tert-OH is 2. The van der Waals surface area contributed by atoms with Gasteiger partial charge in [0, 0.05) is 17.8 Å². The first-order valence-electron chi connectivity index (χ1n) is 8.54. The molecule has 0 spiro atoms. The zero-order valence-electron chi connectivity index (χ0n) is 14.6. The maximum Gasteiger partial charge on any atom is 0.334 e. The standard InChI is InChI=1S/C19H26O6/c1-11(2)18(22)24-15-7-13(9-20)5-4-6-14(10-21)8-16-17(15)12(3)19(23)25-16/h8,13,15-17,20-21H,1,3-7,9-10H2,2H3/b14-8-/t13-,15+,16-,17-/m1/s1. The summed E-state index contributed by atoms with van der Waals surface area (Å²) in [5, 5.41) is 19.2. The van der Waals surface area contributed by atoms with Crippen LogP contribution < -0.4 is 0 Å². The first-order valence-corrected chi connectivity index (χ1v) is 8.54. The highest BCUT2D eigenvalue weighted by Gasteiger charge is 2.45. The molecule has 1 aliphatic carbocycles. The molecular weight excluding hydrogens is 324 g/mol. The van der Waals surface area contributed by atoms with Gasteiger partial charge in [0.05, 0.1) is 12.5 Å². The lowest BCUT2D eigenvalue weighted by Crippen LogP contribution is -2.35. The van der Waals surface area contributed by atoms with E-state index in [1.54, 1.807) is 13.0 Å². The summed E-state index contributed by atoms with van der Waals surface area (Å²) in [6.07, 6.45) is 3.04. The molecule has 0 aromatic heterocycles. The molecule has 0 aromatic rings. The smallest absolute Gasteiger partial charge is 0.334 e. The third-order valence-electron chi connectivity index (χ3n) is 4.81. The van der Waals surface area contributed by atoms with E-state index in [9.17, 15) is 19.8 Å². The molecule has 25 heavy (non-hydrogen) atoms. The van der Waals surface area contributed by atoms with Gasteiger partial charge in [-0.2, -0.15) is 0 Å². The Morgan fingerprint density at radius 1 is 1.44 bits per heavy atom. The van der Waals surface area contributed by atoms with Crippen molar-refractivity contribution in [1.29, 1.82) is 0 Å². The second kappa shape index (κ2) is 8.45. The first kappa shape index (κ1) is 19.4. The summed E-state index contributed by atoms with van der Waals surface area (Å²) >= 11 is 0. The van der Waals surface area contributed by atoms with E-state index in [4.69, 9.17) is 9.47 Å². The average molecular weight is 350 g/mol. The van der Waals surface area contributed by atoms with Gasteiger partial charge in [0.2, 0.25) is 0 Å². The molecule has 6 heteroatoms. The largest absolute Gasteiger partial charge is 0.458 e. The molecule has 138 valence electrons. The Labute approximate surface area is 147 Å². The second-order valence-corrected chi connectivity index (χ2v) is 6.80. The summed E-state index contributed by atoms with van der Waals surface area (Å²) in [6, 6.07) is 0. The third kappa shape index (κ3) is 4.58. The van der Waals surface area contributed by atoms with E-state index < -0.39 is 30.1 Å². The maximum atomic E-state index is 12.1. The van der Waals surface area contributed by atoms with Gasteiger partial charge >= 0.3 is 11.9 Å². The highest BCUT2D eigenvalue weighted by molar-refractivity contribution is 5.91. The number of hydrogen-bond acceptors (Lipinski definition) is 6. The molecule has 0 saturated carbocycles. The lowest BCUT2D eigenvalue weighted by atomic mass is 9.82. The number of carbonyl (C=O) groups is 2. The van der Waals surface area contributed by atoms with Crippen molar-refractivity contribution in [2.24, 2.45) is 11.8 Å². The van der Waals surface area contributed by atoms with Crippen molar-refractivity contribution in [3.05, 3.63) is 36.0 Å². The molecule has 0 unspecified atom stereocenters. The Morgan fingerprint density at radius 3 is 2.76 bits per heavy atom. The van der Waals surface area contributed by atoms with Crippen LogP contribution >= 0.6 is 0 Å². The number of rotatable bonds is 4. The summed E-state index contributed by atoms with van der Waals surface area (Å²) in [6.45, 7) is 8.78. The Bertz CT molecular complexity index is 591. The van der Waals surface area contributed by atoms with Crippen LogP contribution in [-0.4, -0.2) is 47.6 Å². The van der Waals surface area contributed by atoms with Crippen molar-refractivity contribution < 1.29 is 29.3 Å². The fraction of sp³-hybridized carbons (Fsp3) is 0.579. The van der Waals surface area contributed by atoms with Crippen LogP contribution in [0.1, 0.15) is 32.6 Å². The van der Waals surface area contributed by atoms with E-state index in [1.165, 1.54) is 0 Å². The molecule has 6 nitrogen and oxygen atoms in total. The van der Waals surface area contributed by atoms with Crippen molar-refractivity contribution in [3.63, 3.8) is 0 Å². The number of hydrogen-bond donors (Lipinski definition) is 2. The maximum absolute atomic E-state index is 12.1. The van der Waals surface area contributed by atoms with Crippen molar-refractivity contribution in [2.45, 2.75) is 44.8 Å². The first-order chi connectivity index (χ1) is 11.9. The highest BCUT2D eigenvalue weighted by atomic mass is 16.6. The highest BCUT2D eigenvalue weighted by Crippen LogP contribution is 2.37. The summed E-state index contributed by atoms with van der Waals surface area (Å²) < 4.78 is 11.0. The Balaban J connectivity index is 2.39. The molecule has 0 bridgehead atoms. The molecule has 2 aliphatic rings. The molecule has 0 aromatic carbocycles. The van der Waals surface area contributed by atoms with Crippen molar-refractivity contribution in [3.8, 4) is 0 Å². The quantitative estimate of drug-likeness (QED) is 0.455. The Kier molecular flexibility index (Phi) is 6.56. The molecule has 2 N–H and O–H groups in total. The number of aliphatic hydroxyl groups is 2. The predicted octanol–water partition coefficient (Wildman–Crippen LogP) is 1.67. The van der Waals surface area contributed by atoms with E-state index in [1.807, 2.05) is 0 Å². The molecule has 2 rings (SSSR count). The number of carbonyl (C=O) groups excluding carboxylic acids is 2. The molecule has 4 atom stereocenters. The van der Waals surface area contributed by atoms with E-state index >= 15 is 0 Å². The molecular formula is C19H26O6. The van der Waals surface area contributed by atoms with Crippen LogP contribution in [0.15, 0.2) is 36.0 Å². The van der Waals surface area contributed by atoms with Gasteiger partial charge < -0.3 is 19.7 Å². The van der Waals surface area contributed by atoms with Gasteiger partial charge in [-0.3, -0.25) is 0 Å². The molecule has 0 amide bonds. The number of esters is 2. The lowest BCUT2D eigenvalue weighted by Gasteiger charge is -2.30. The van der Waals surface area contributed by atoms with Gasteiger partial charge in [-0.25, -0.2) is 9.59 Å². The molecule has 1 saturated heterocycles. The zero-order valence-corrected chi connectivity index (χ0v) is 14.6. The van der Waals surface area contributed by atoms with E-state index in [0.29, 0.717) is 12.8 Å². The van der Waals surface area contributed by atoms with Crippen molar-refractivity contribution in [1.82, 2.24) is 0 Å². The van der Waals surface area contributed by atoms with Gasteiger partial charge in [-0.05, 0) is 50.2 Å². The SMILES string of the molecule is C=C(C)C(=O)O[C@H]1C[C@H](CO)CCC/C(CO)=C/[C@H]2OC(=O)C(=C)[C@H]12. The van der Waals surface area contributed by atoms with Crippen LogP contribution in [0, 0.1) is 11.8 Å². The molecule has 0 radical (unpaired) electrons. The van der Waals surface area contributed by atoms with Gasteiger partial charge in [0.25, 0.3) is 0 Å². The van der Waals surface area contributed by atoms with Gasteiger partial charge in [0.1, 0.15) is 12.2 Å². The Hall–Kier alpha value is -1.92. The normalized spacial score (nSPS) is 32.2. The van der Waals surface area contributed by atoms with E-state index in [2.05, 4.69) is 13.2 Å². The zero-order chi connectivity index (χ0) is 18.6. The van der Waals surface area contributed by atoms with Crippen LogP contribution in [0.25, 0.3) is 0 Å². The van der Waals surface area contributed by atoms with E-state index in [0.717, 1.165) is 18.4 Å². The predicted molar refractivity (Wildman–Crippen MR) is 91.4 cm³/mol. The van der Waals surface area contributed by atoms with Gasteiger partial charge in [0.15, 0.2) is 0 Å². The minimum atomic E-state index is -0.653. The van der Waals surface area contributed by atoms with Crippen LogP contribution in [0.5, 0.6) is 0 Å². The number of ether oxygens (including phenoxy) is 2. The summed E-state index contributed by atoms with van der Waals surface area (Å²) in [7, 11) is 0. The fourth-order valence-electron chi connectivity index (χ4n) is 3.36. The molecule has 1 fully saturated rings. The topological polar surface area (TPSA) is 93.1 Å². The molecule has 1 heterocycles. The summed E-state index contributed by atoms with van der Waals surface area (Å²) in [5.74, 6) is -1.69. The van der Waals surface area contributed by atoms with Gasteiger partial charge in [-0.15, -0.1) is 0 Å². The monoisotopic (exact) mass is 350 g/mol.